The lowest BCUT2D eigenvalue weighted by Crippen LogP contribution is -2.35. The van der Waals surface area contributed by atoms with E-state index in [4.69, 9.17) is 16.3 Å². The molecule has 0 spiro atoms. The van der Waals surface area contributed by atoms with E-state index in [1.165, 1.54) is 6.07 Å². The number of carbonyl (C=O) groups excluding carboxylic acids is 2. The van der Waals surface area contributed by atoms with Gasteiger partial charge in [-0.3, -0.25) is 9.59 Å². The Morgan fingerprint density at radius 3 is 2.34 bits per heavy atom. The number of carbonyl (C=O) groups is 2. The Bertz CT molecular complexity index is 912. The molecule has 0 radical (unpaired) electrons. The van der Waals surface area contributed by atoms with E-state index in [1.54, 1.807) is 17.1 Å². The van der Waals surface area contributed by atoms with Crippen LogP contribution in [0.15, 0.2) is 48.6 Å². The molecule has 1 aromatic carbocycles. The molecule has 1 aromatic rings. The number of anilines is 1. The van der Waals surface area contributed by atoms with Gasteiger partial charge in [0.2, 0.25) is 0 Å². The van der Waals surface area contributed by atoms with Crippen molar-refractivity contribution in [2.75, 3.05) is 18.4 Å². The number of hydrogen-bond donors (Lipinski definition) is 1. The lowest BCUT2D eigenvalue weighted by molar-refractivity contribution is -0.127. The second-order valence-corrected chi connectivity index (χ2v) is 8.60. The molecule has 0 heterocycles. The van der Waals surface area contributed by atoms with E-state index in [0.29, 0.717) is 42.8 Å². The zero-order chi connectivity index (χ0) is 23.1. The minimum Gasteiger partial charge on any atom is -0.489 e. The van der Waals surface area contributed by atoms with Crippen molar-refractivity contribution in [3.8, 4) is 5.75 Å². The third kappa shape index (κ3) is 5.80. The fourth-order valence-corrected chi connectivity index (χ4v) is 4.43. The van der Waals surface area contributed by atoms with Crippen molar-refractivity contribution >= 4 is 29.1 Å². The third-order valence-corrected chi connectivity index (χ3v) is 6.15. The van der Waals surface area contributed by atoms with Crippen LogP contribution in [0.4, 0.5) is 10.1 Å². The molecule has 0 unspecified atom stereocenters. The number of ether oxygens (including phenoxy) is 1. The monoisotopic (exact) mass is 460 g/mol. The molecule has 3 rings (SSSR count). The molecular weight excluding hydrogens is 431 g/mol. The van der Waals surface area contributed by atoms with Gasteiger partial charge in [0.1, 0.15) is 11.6 Å². The minimum atomic E-state index is -0.647. The van der Waals surface area contributed by atoms with E-state index < -0.39 is 11.7 Å². The topological polar surface area (TPSA) is 58.6 Å². The van der Waals surface area contributed by atoms with Crippen LogP contribution >= 0.6 is 11.6 Å². The largest absolute Gasteiger partial charge is 0.489 e. The van der Waals surface area contributed by atoms with Crippen LogP contribution in [0.25, 0.3) is 0 Å². The highest BCUT2D eigenvalue weighted by atomic mass is 35.5. The molecule has 172 valence electrons. The Balaban J connectivity index is 1.84. The molecule has 1 saturated carbocycles. The molecule has 5 nitrogen and oxygen atoms in total. The molecule has 0 aliphatic heterocycles. The van der Waals surface area contributed by atoms with Gasteiger partial charge in [-0.2, -0.15) is 0 Å². The molecular formula is C25H30ClFN2O3. The van der Waals surface area contributed by atoms with E-state index in [1.807, 2.05) is 0 Å². The van der Waals surface area contributed by atoms with E-state index >= 15 is 0 Å². The summed E-state index contributed by atoms with van der Waals surface area (Å²) in [6, 6.07) is 2.58. The number of hydrogen-bond acceptors (Lipinski definition) is 3. The van der Waals surface area contributed by atoms with Gasteiger partial charge in [-0.25, -0.2) is 4.39 Å². The molecule has 0 atom stereocenters. The van der Waals surface area contributed by atoms with Gasteiger partial charge in [0, 0.05) is 30.3 Å². The summed E-state index contributed by atoms with van der Waals surface area (Å²) in [5.41, 5.74) is 0.854. The number of halogens is 2. The van der Waals surface area contributed by atoms with Crippen LogP contribution in [-0.2, 0) is 9.59 Å². The van der Waals surface area contributed by atoms with Crippen LogP contribution in [0.2, 0.25) is 5.02 Å². The van der Waals surface area contributed by atoms with E-state index in [9.17, 15) is 14.0 Å². The average Bonchev–Trinajstić information content (AvgIpc) is 3.29. The lowest BCUT2D eigenvalue weighted by Gasteiger charge is -2.25. The van der Waals surface area contributed by atoms with Crippen molar-refractivity contribution in [1.82, 2.24) is 4.90 Å². The first-order chi connectivity index (χ1) is 15.4. The minimum absolute atomic E-state index is 0.00805. The SMILES string of the molecule is C=CCN(CC=C)C(=O)C1=C(C(=O)Nc2cc(OC3CCCC3)c(Cl)cc2F)CCCC1. The molecule has 7 heteroatoms. The van der Waals surface area contributed by atoms with Gasteiger partial charge in [-0.05, 0) is 57.4 Å². The maximum absolute atomic E-state index is 14.6. The zero-order valence-electron chi connectivity index (χ0n) is 18.3. The summed E-state index contributed by atoms with van der Waals surface area (Å²) in [6.07, 6.45) is 9.95. The summed E-state index contributed by atoms with van der Waals surface area (Å²) in [5.74, 6) is -0.978. The Kier molecular flexibility index (Phi) is 8.51. The summed E-state index contributed by atoms with van der Waals surface area (Å²) in [4.78, 5) is 27.8. The van der Waals surface area contributed by atoms with Crippen LogP contribution in [0.1, 0.15) is 51.4 Å². The maximum Gasteiger partial charge on any atom is 0.252 e. The molecule has 2 amide bonds. The molecule has 1 N–H and O–H groups in total. The Morgan fingerprint density at radius 2 is 1.72 bits per heavy atom. The van der Waals surface area contributed by atoms with Crippen LogP contribution < -0.4 is 10.1 Å². The maximum atomic E-state index is 14.6. The van der Waals surface area contributed by atoms with E-state index in [0.717, 1.165) is 44.6 Å². The van der Waals surface area contributed by atoms with E-state index in [2.05, 4.69) is 18.5 Å². The summed E-state index contributed by atoms with van der Waals surface area (Å²) in [5, 5.41) is 2.81. The predicted molar refractivity (Wildman–Crippen MR) is 125 cm³/mol. The highest BCUT2D eigenvalue weighted by Crippen LogP contribution is 2.35. The molecule has 2 aliphatic rings. The summed E-state index contributed by atoms with van der Waals surface area (Å²) in [7, 11) is 0. The Labute approximate surface area is 193 Å². The molecule has 2 aliphatic carbocycles. The Morgan fingerprint density at radius 1 is 1.09 bits per heavy atom. The van der Waals surface area contributed by atoms with Crippen molar-refractivity contribution in [3.63, 3.8) is 0 Å². The molecule has 1 fully saturated rings. The quantitative estimate of drug-likeness (QED) is 0.473. The fraction of sp³-hybridized carbons (Fsp3) is 0.440. The van der Waals surface area contributed by atoms with Gasteiger partial charge < -0.3 is 15.0 Å². The standard InChI is InChI=1S/C25H30ClFN2O3/c1-3-13-29(14-4-2)25(31)19-12-8-7-11-18(19)24(30)28-22-16-23(20(26)15-21(22)27)32-17-9-5-6-10-17/h3-4,15-17H,1-2,5-14H2,(H,28,30). The zero-order valence-corrected chi connectivity index (χ0v) is 19.1. The number of amides is 2. The molecule has 0 bridgehead atoms. The second kappa shape index (κ2) is 11.3. The summed E-state index contributed by atoms with van der Waals surface area (Å²) >= 11 is 6.17. The summed E-state index contributed by atoms with van der Waals surface area (Å²) in [6.45, 7) is 8.10. The van der Waals surface area contributed by atoms with Crippen molar-refractivity contribution in [2.24, 2.45) is 0 Å². The third-order valence-electron chi connectivity index (χ3n) is 5.85. The molecule has 32 heavy (non-hydrogen) atoms. The van der Waals surface area contributed by atoms with Gasteiger partial charge in [-0.1, -0.05) is 23.8 Å². The first-order valence-electron chi connectivity index (χ1n) is 11.1. The van der Waals surface area contributed by atoms with Gasteiger partial charge in [0.15, 0.2) is 0 Å². The highest BCUT2D eigenvalue weighted by Gasteiger charge is 2.27. The first kappa shape index (κ1) is 24.1. The number of nitrogens with zero attached hydrogens (tertiary/aromatic N) is 1. The lowest BCUT2D eigenvalue weighted by atomic mass is 9.90. The van der Waals surface area contributed by atoms with Gasteiger partial charge >= 0.3 is 0 Å². The normalized spacial score (nSPS) is 16.6. The van der Waals surface area contributed by atoms with Crippen LogP contribution in [0, 0.1) is 5.82 Å². The van der Waals surface area contributed by atoms with Crippen LogP contribution in [-0.4, -0.2) is 35.9 Å². The Hall–Kier alpha value is -2.60. The van der Waals surface area contributed by atoms with Crippen molar-refractivity contribution in [3.05, 3.63) is 59.4 Å². The van der Waals surface area contributed by atoms with Crippen molar-refractivity contribution < 1.29 is 18.7 Å². The average molecular weight is 461 g/mol. The van der Waals surface area contributed by atoms with E-state index in [-0.39, 0.29) is 22.7 Å². The van der Waals surface area contributed by atoms with Crippen LogP contribution in [0.3, 0.4) is 0 Å². The number of nitrogens with one attached hydrogen (secondary N) is 1. The van der Waals surface area contributed by atoms with Gasteiger partial charge in [0.25, 0.3) is 11.8 Å². The second-order valence-electron chi connectivity index (χ2n) is 8.19. The summed E-state index contributed by atoms with van der Waals surface area (Å²) < 4.78 is 20.5. The number of benzene rings is 1. The predicted octanol–water partition coefficient (Wildman–Crippen LogP) is 5.81. The van der Waals surface area contributed by atoms with Gasteiger partial charge in [-0.15, -0.1) is 13.2 Å². The van der Waals surface area contributed by atoms with Crippen molar-refractivity contribution in [2.45, 2.75) is 57.5 Å². The number of rotatable bonds is 9. The fourth-order valence-electron chi connectivity index (χ4n) is 4.23. The first-order valence-corrected chi connectivity index (χ1v) is 11.5. The molecule has 0 saturated heterocycles. The van der Waals surface area contributed by atoms with Crippen LogP contribution in [0.5, 0.6) is 5.75 Å². The molecule has 0 aromatic heterocycles. The highest BCUT2D eigenvalue weighted by molar-refractivity contribution is 6.32. The van der Waals surface area contributed by atoms with Crippen molar-refractivity contribution in [1.29, 1.82) is 0 Å². The van der Waals surface area contributed by atoms with Gasteiger partial charge in [0.05, 0.1) is 16.8 Å². The smallest absolute Gasteiger partial charge is 0.252 e.